The second-order valence-electron chi connectivity index (χ2n) is 8.49. The molecule has 1 fully saturated rings. The highest BCUT2D eigenvalue weighted by molar-refractivity contribution is 5.15. The van der Waals surface area contributed by atoms with Crippen molar-refractivity contribution in [3.63, 3.8) is 0 Å². The fraction of sp³-hybridized carbons (Fsp3) is 0.379. The minimum atomic E-state index is -1.36. The van der Waals surface area contributed by atoms with Gasteiger partial charge in [-0.15, -0.1) is 0 Å². The molecule has 0 N–H and O–H groups in total. The van der Waals surface area contributed by atoms with Gasteiger partial charge in [0.2, 0.25) is 0 Å². The minimum absolute atomic E-state index is 0.253. The fourth-order valence-electron chi connectivity index (χ4n) is 4.16. The molecule has 4 rings (SSSR count). The molecular formula is C29H33O6-. The Kier molecular flexibility index (Phi) is 9.84. The summed E-state index contributed by atoms with van der Waals surface area (Å²) < 4.78 is 30.2. The van der Waals surface area contributed by atoms with Crippen LogP contribution in [0.3, 0.4) is 0 Å². The van der Waals surface area contributed by atoms with Crippen LogP contribution in [0.25, 0.3) is 0 Å². The van der Waals surface area contributed by atoms with Crippen LogP contribution in [-0.2, 0) is 43.5 Å². The maximum absolute atomic E-state index is 12.8. The third-order valence-corrected chi connectivity index (χ3v) is 5.92. The first kappa shape index (κ1) is 25.5. The summed E-state index contributed by atoms with van der Waals surface area (Å²) in [6.07, 6.45) is -3.82. The molecule has 6 nitrogen and oxygen atoms in total. The quantitative estimate of drug-likeness (QED) is 0.372. The zero-order chi connectivity index (χ0) is 24.3. The van der Waals surface area contributed by atoms with Crippen molar-refractivity contribution in [1.82, 2.24) is 0 Å². The van der Waals surface area contributed by atoms with E-state index in [9.17, 15) is 5.11 Å². The average molecular weight is 478 g/mol. The molecule has 35 heavy (non-hydrogen) atoms. The van der Waals surface area contributed by atoms with Crippen LogP contribution in [0.2, 0.25) is 0 Å². The van der Waals surface area contributed by atoms with Gasteiger partial charge in [0, 0.05) is 12.9 Å². The molecule has 0 bridgehead atoms. The van der Waals surface area contributed by atoms with Gasteiger partial charge >= 0.3 is 0 Å². The van der Waals surface area contributed by atoms with Crippen molar-refractivity contribution in [1.29, 1.82) is 0 Å². The molecule has 1 unspecified atom stereocenters. The standard InChI is InChI=1S/C29H33O6/c1-2-32-28-27(34-20-24-16-10-5-11-17-24)26(35-29(28)30)25(33-19-23-14-8-4-9-15-23)21-31-18-22-12-6-3-7-13-22/h3-17,25-29H,2,18-21H2,1H3/q-1/t25-,26-,27+,28-,29?/m1/s1. The Bertz CT molecular complexity index is 968. The van der Waals surface area contributed by atoms with Crippen LogP contribution in [0.5, 0.6) is 0 Å². The second-order valence-corrected chi connectivity index (χ2v) is 8.49. The summed E-state index contributed by atoms with van der Waals surface area (Å²) in [7, 11) is 0. The zero-order valence-electron chi connectivity index (χ0n) is 20.0. The molecule has 1 aliphatic rings. The maximum atomic E-state index is 12.8. The van der Waals surface area contributed by atoms with Crippen molar-refractivity contribution in [2.75, 3.05) is 13.2 Å². The predicted octanol–water partition coefficient (Wildman–Crippen LogP) is 3.86. The van der Waals surface area contributed by atoms with Crippen LogP contribution >= 0.6 is 0 Å². The minimum Gasteiger partial charge on any atom is -0.829 e. The lowest BCUT2D eigenvalue weighted by Gasteiger charge is -2.30. The van der Waals surface area contributed by atoms with E-state index < -0.39 is 30.7 Å². The number of hydrogen-bond donors (Lipinski definition) is 0. The lowest BCUT2D eigenvalue weighted by molar-refractivity contribution is -0.501. The van der Waals surface area contributed by atoms with Crippen molar-refractivity contribution < 1.29 is 28.8 Å². The smallest absolute Gasteiger partial charge is 0.114 e. The number of rotatable bonds is 13. The highest BCUT2D eigenvalue weighted by Gasteiger charge is 2.45. The van der Waals surface area contributed by atoms with Crippen molar-refractivity contribution in [3.8, 4) is 0 Å². The fourth-order valence-corrected chi connectivity index (χ4v) is 4.16. The van der Waals surface area contributed by atoms with Crippen molar-refractivity contribution in [2.24, 2.45) is 0 Å². The third-order valence-electron chi connectivity index (χ3n) is 5.92. The van der Waals surface area contributed by atoms with E-state index in [0.717, 1.165) is 16.7 Å². The zero-order valence-corrected chi connectivity index (χ0v) is 20.0. The first-order valence-electron chi connectivity index (χ1n) is 12.1. The monoisotopic (exact) mass is 477 g/mol. The topological polar surface area (TPSA) is 69.2 Å². The molecule has 1 heterocycles. The summed E-state index contributed by atoms with van der Waals surface area (Å²) in [4.78, 5) is 0. The largest absolute Gasteiger partial charge is 0.829 e. The number of ether oxygens (including phenoxy) is 5. The number of benzene rings is 3. The molecular weight excluding hydrogens is 444 g/mol. The molecule has 0 saturated carbocycles. The first-order chi connectivity index (χ1) is 17.2. The maximum Gasteiger partial charge on any atom is 0.114 e. The summed E-state index contributed by atoms with van der Waals surface area (Å²) in [5.74, 6) is 0. The molecule has 5 atom stereocenters. The van der Waals surface area contributed by atoms with Crippen LogP contribution in [0.4, 0.5) is 0 Å². The molecule has 1 saturated heterocycles. The molecule has 0 spiro atoms. The van der Waals surface area contributed by atoms with E-state index in [2.05, 4.69) is 0 Å². The van der Waals surface area contributed by atoms with Gasteiger partial charge in [0.05, 0.1) is 32.5 Å². The molecule has 3 aromatic carbocycles. The van der Waals surface area contributed by atoms with Gasteiger partial charge in [-0.2, -0.15) is 0 Å². The van der Waals surface area contributed by atoms with Crippen LogP contribution in [0, 0.1) is 0 Å². The second kappa shape index (κ2) is 13.5. The van der Waals surface area contributed by atoms with Gasteiger partial charge in [-0.25, -0.2) is 0 Å². The summed E-state index contributed by atoms with van der Waals surface area (Å²) in [5.41, 5.74) is 3.10. The SMILES string of the molecule is CCO[C@H]1C([O-])O[C@H]([C@@H](COCc2ccccc2)OCc2ccccc2)[C@@H]1OCc1ccccc1. The van der Waals surface area contributed by atoms with Gasteiger partial charge in [0.25, 0.3) is 0 Å². The van der Waals surface area contributed by atoms with E-state index >= 15 is 0 Å². The highest BCUT2D eigenvalue weighted by Crippen LogP contribution is 2.29. The van der Waals surface area contributed by atoms with E-state index in [4.69, 9.17) is 23.7 Å². The molecule has 3 aromatic rings. The first-order valence-corrected chi connectivity index (χ1v) is 12.1. The normalized spacial score (nSPS) is 22.8. The Hall–Kier alpha value is -2.58. The molecule has 0 aromatic heterocycles. The molecule has 0 aliphatic carbocycles. The summed E-state index contributed by atoms with van der Waals surface area (Å²) in [5, 5.41) is 12.8. The Morgan fingerprint density at radius 3 is 1.83 bits per heavy atom. The van der Waals surface area contributed by atoms with Gasteiger partial charge in [-0.3, -0.25) is 0 Å². The van der Waals surface area contributed by atoms with Crippen molar-refractivity contribution >= 4 is 0 Å². The summed E-state index contributed by atoms with van der Waals surface area (Å²) in [6, 6.07) is 29.7. The van der Waals surface area contributed by atoms with Crippen LogP contribution in [0.1, 0.15) is 23.6 Å². The lowest BCUT2D eigenvalue weighted by atomic mass is 10.1. The van der Waals surface area contributed by atoms with Crippen molar-refractivity contribution in [2.45, 2.75) is 57.5 Å². The number of hydrogen-bond acceptors (Lipinski definition) is 6. The lowest BCUT2D eigenvalue weighted by Crippen LogP contribution is -2.45. The van der Waals surface area contributed by atoms with Crippen molar-refractivity contribution in [3.05, 3.63) is 108 Å². The average Bonchev–Trinajstić information content (AvgIpc) is 3.21. The van der Waals surface area contributed by atoms with E-state index in [1.165, 1.54) is 0 Å². The van der Waals surface area contributed by atoms with Crippen LogP contribution < -0.4 is 5.11 Å². The molecule has 1 aliphatic heterocycles. The van der Waals surface area contributed by atoms with Gasteiger partial charge in [0.1, 0.15) is 18.3 Å². The van der Waals surface area contributed by atoms with Gasteiger partial charge in [0.15, 0.2) is 0 Å². The molecule has 0 radical (unpaired) electrons. The van der Waals surface area contributed by atoms with Gasteiger partial charge < -0.3 is 28.8 Å². The third kappa shape index (κ3) is 7.45. The molecule has 0 amide bonds. The molecule has 186 valence electrons. The van der Waals surface area contributed by atoms with E-state index in [0.29, 0.717) is 26.4 Å². The Labute approximate surface area is 207 Å². The summed E-state index contributed by atoms with van der Waals surface area (Å²) >= 11 is 0. The van der Waals surface area contributed by atoms with Gasteiger partial charge in [-0.05, 0) is 23.6 Å². The summed E-state index contributed by atoms with van der Waals surface area (Å²) in [6.45, 7) is 3.66. The molecule has 6 heteroatoms. The van der Waals surface area contributed by atoms with E-state index in [1.807, 2.05) is 97.9 Å². The predicted molar refractivity (Wildman–Crippen MR) is 130 cm³/mol. The Balaban J connectivity index is 1.48. The van der Waals surface area contributed by atoms with Crippen LogP contribution in [-0.4, -0.2) is 43.9 Å². The highest BCUT2D eigenvalue weighted by atomic mass is 16.7. The van der Waals surface area contributed by atoms with E-state index in [1.54, 1.807) is 0 Å². The van der Waals surface area contributed by atoms with E-state index in [-0.39, 0.29) is 6.61 Å². The van der Waals surface area contributed by atoms with Gasteiger partial charge in [-0.1, -0.05) is 91.0 Å². The van der Waals surface area contributed by atoms with Crippen LogP contribution in [0.15, 0.2) is 91.0 Å². The Morgan fingerprint density at radius 1 is 0.714 bits per heavy atom. The Morgan fingerprint density at radius 2 is 1.26 bits per heavy atom.